The smallest absolute Gasteiger partial charge is 0.416 e. The standard InChI is InChI=1S/C20H21F3N2O3/c1-2-28-16-6-4-15(5-7-16)24-9-11-25(12-10-24)19(27)17-8-3-14(13-18(17)26)20(21,22)23/h3-8,13,26H,2,9-12H2,1H3. The first-order chi connectivity index (χ1) is 13.3. The van der Waals surface area contributed by atoms with E-state index in [-0.39, 0.29) is 5.56 Å². The molecule has 1 aliphatic heterocycles. The van der Waals surface area contributed by atoms with Gasteiger partial charge in [0.2, 0.25) is 0 Å². The zero-order chi connectivity index (χ0) is 20.3. The summed E-state index contributed by atoms with van der Waals surface area (Å²) in [7, 11) is 0. The second-order valence-corrected chi connectivity index (χ2v) is 6.44. The lowest BCUT2D eigenvalue weighted by Crippen LogP contribution is -2.48. The molecule has 0 saturated carbocycles. The monoisotopic (exact) mass is 394 g/mol. The Kier molecular flexibility index (Phi) is 5.67. The second kappa shape index (κ2) is 8.00. The summed E-state index contributed by atoms with van der Waals surface area (Å²) in [5.74, 6) is -0.343. The van der Waals surface area contributed by atoms with Gasteiger partial charge in [-0.15, -0.1) is 0 Å². The van der Waals surface area contributed by atoms with Crippen molar-refractivity contribution in [3.8, 4) is 11.5 Å². The summed E-state index contributed by atoms with van der Waals surface area (Å²) in [5, 5.41) is 9.89. The predicted octanol–water partition coefficient (Wildman–Crippen LogP) is 3.77. The molecule has 2 aromatic rings. The molecule has 3 rings (SSSR count). The third-order valence-electron chi connectivity index (χ3n) is 4.64. The van der Waals surface area contributed by atoms with Gasteiger partial charge in [-0.2, -0.15) is 13.2 Å². The van der Waals surface area contributed by atoms with Crippen LogP contribution < -0.4 is 9.64 Å². The lowest BCUT2D eigenvalue weighted by atomic mass is 10.1. The predicted molar refractivity (Wildman–Crippen MR) is 98.8 cm³/mol. The second-order valence-electron chi connectivity index (χ2n) is 6.44. The van der Waals surface area contributed by atoms with Crippen LogP contribution in [0.1, 0.15) is 22.8 Å². The molecule has 0 aliphatic carbocycles. The van der Waals surface area contributed by atoms with Crippen molar-refractivity contribution in [2.45, 2.75) is 13.1 Å². The van der Waals surface area contributed by atoms with Crippen LogP contribution in [-0.2, 0) is 6.18 Å². The van der Waals surface area contributed by atoms with E-state index in [2.05, 4.69) is 4.90 Å². The number of anilines is 1. The van der Waals surface area contributed by atoms with Gasteiger partial charge >= 0.3 is 6.18 Å². The first kappa shape index (κ1) is 19.9. The Labute approximate surface area is 160 Å². The van der Waals surface area contributed by atoms with Crippen molar-refractivity contribution in [1.82, 2.24) is 4.90 Å². The summed E-state index contributed by atoms with van der Waals surface area (Å²) in [6.45, 7) is 4.50. The van der Waals surface area contributed by atoms with Gasteiger partial charge in [-0.3, -0.25) is 4.79 Å². The van der Waals surface area contributed by atoms with Crippen LogP contribution in [0.3, 0.4) is 0 Å². The number of hydrogen-bond donors (Lipinski definition) is 1. The van der Waals surface area contributed by atoms with Crippen LogP contribution in [-0.4, -0.2) is 48.7 Å². The van der Waals surface area contributed by atoms with Crippen LogP contribution in [0.25, 0.3) is 0 Å². The summed E-state index contributed by atoms with van der Waals surface area (Å²) in [4.78, 5) is 16.2. The maximum absolute atomic E-state index is 12.7. The Balaban J connectivity index is 1.64. The molecule has 2 aromatic carbocycles. The summed E-state index contributed by atoms with van der Waals surface area (Å²) >= 11 is 0. The van der Waals surface area contributed by atoms with Crippen LogP contribution in [0.15, 0.2) is 42.5 Å². The largest absolute Gasteiger partial charge is 0.507 e. The molecule has 0 spiro atoms. The fraction of sp³-hybridized carbons (Fsp3) is 0.350. The molecule has 1 heterocycles. The van der Waals surface area contributed by atoms with E-state index in [1.54, 1.807) is 0 Å². The Morgan fingerprint density at radius 3 is 2.25 bits per heavy atom. The van der Waals surface area contributed by atoms with Crippen molar-refractivity contribution in [1.29, 1.82) is 0 Å². The molecule has 1 fully saturated rings. The summed E-state index contributed by atoms with van der Waals surface area (Å²) in [6, 6.07) is 10.1. The Morgan fingerprint density at radius 1 is 1.07 bits per heavy atom. The van der Waals surface area contributed by atoms with Gasteiger partial charge in [0.1, 0.15) is 11.5 Å². The van der Waals surface area contributed by atoms with E-state index >= 15 is 0 Å². The number of rotatable bonds is 4. The first-order valence-corrected chi connectivity index (χ1v) is 8.97. The Hall–Kier alpha value is -2.90. The fourth-order valence-electron chi connectivity index (χ4n) is 3.15. The molecule has 0 aromatic heterocycles. The van der Waals surface area contributed by atoms with E-state index in [4.69, 9.17) is 4.74 Å². The normalized spacial score (nSPS) is 14.9. The molecule has 5 nitrogen and oxygen atoms in total. The number of alkyl halides is 3. The van der Waals surface area contributed by atoms with E-state index in [1.807, 2.05) is 31.2 Å². The lowest BCUT2D eigenvalue weighted by Gasteiger charge is -2.36. The van der Waals surface area contributed by atoms with Crippen molar-refractivity contribution < 1.29 is 27.8 Å². The van der Waals surface area contributed by atoms with Crippen LogP contribution in [0.2, 0.25) is 0 Å². The highest BCUT2D eigenvalue weighted by molar-refractivity contribution is 5.97. The van der Waals surface area contributed by atoms with Crippen molar-refractivity contribution in [2.75, 3.05) is 37.7 Å². The number of phenols is 1. The number of phenolic OH excluding ortho intramolecular Hbond substituents is 1. The van der Waals surface area contributed by atoms with E-state index in [9.17, 15) is 23.1 Å². The fourth-order valence-corrected chi connectivity index (χ4v) is 3.15. The van der Waals surface area contributed by atoms with Crippen LogP contribution in [0.4, 0.5) is 18.9 Å². The highest BCUT2D eigenvalue weighted by Gasteiger charge is 2.32. The van der Waals surface area contributed by atoms with Gasteiger partial charge in [0, 0.05) is 31.9 Å². The minimum Gasteiger partial charge on any atom is -0.507 e. The molecule has 1 N–H and O–H groups in total. The molecule has 28 heavy (non-hydrogen) atoms. The minimum atomic E-state index is -4.57. The third kappa shape index (κ3) is 4.32. The van der Waals surface area contributed by atoms with Gasteiger partial charge in [0.25, 0.3) is 5.91 Å². The van der Waals surface area contributed by atoms with Crippen LogP contribution in [0, 0.1) is 0 Å². The first-order valence-electron chi connectivity index (χ1n) is 8.97. The van der Waals surface area contributed by atoms with Crippen molar-refractivity contribution >= 4 is 11.6 Å². The highest BCUT2D eigenvalue weighted by Crippen LogP contribution is 2.33. The van der Waals surface area contributed by atoms with E-state index in [1.165, 1.54) is 4.90 Å². The molecule has 0 bridgehead atoms. The van der Waals surface area contributed by atoms with Crippen molar-refractivity contribution in [3.05, 3.63) is 53.6 Å². The maximum Gasteiger partial charge on any atom is 0.416 e. The lowest BCUT2D eigenvalue weighted by molar-refractivity contribution is -0.137. The Bertz CT molecular complexity index is 830. The van der Waals surface area contributed by atoms with E-state index in [0.29, 0.717) is 38.9 Å². The number of benzene rings is 2. The minimum absolute atomic E-state index is 0.123. The SMILES string of the molecule is CCOc1ccc(N2CCN(C(=O)c3ccc(C(F)(F)F)cc3O)CC2)cc1. The molecule has 8 heteroatoms. The van der Waals surface area contributed by atoms with Gasteiger partial charge in [-0.05, 0) is 49.4 Å². The van der Waals surface area contributed by atoms with E-state index < -0.39 is 23.4 Å². The van der Waals surface area contributed by atoms with Gasteiger partial charge in [-0.1, -0.05) is 0 Å². The zero-order valence-electron chi connectivity index (χ0n) is 15.4. The van der Waals surface area contributed by atoms with Crippen molar-refractivity contribution in [2.24, 2.45) is 0 Å². The quantitative estimate of drug-likeness (QED) is 0.858. The number of halogens is 3. The third-order valence-corrected chi connectivity index (χ3v) is 4.64. The highest BCUT2D eigenvalue weighted by atomic mass is 19.4. The van der Waals surface area contributed by atoms with Gasteiger partial charge < -0.3 is 19.6 Å². The molecule has 0 radical (unpaired) electrons. The van der Waals surface area contributed by atoms with Gasteiger partial charge in [-0.25, -0.2) is 0 Å². The topological polar surface area (TPSA) is 53.0 Å². The van der Waals surface area contributed by atoms with Gasteiger partial charge in [0.15, 0.2) is 0 Å². The molecule has 0 unspecified atom stereocenters. The van der Waals surface area contributed by atoms with Crippen molar-refractivity contribution in [3.63, 3.8) is 0 Å². The number of carbonyl (C=O) groups excluding carboxylic acids is 1. The number of piperazine rings is 1. The summed E-state index contributed by atoms with van der Waals surface area (Å²) < 4.78 is 43.5. The average molecular weight is 394 g/mol. The number of aromatic hydroxyl groups is 1. The van der Waals surface area contributed by atoms with E-state index in [0.717, 1.165) is 23.6 Å². The molecule has 150 valence electrons. The summed E-state index contributed by atoms with van der Waals surface area (Å²) in [6.07, 6.45) is -4.57. The summed E-state index contributed by atoms with van der Waals surface area (Å²) in [5.41, 5.74) is -0.0997. The number of hydrogen-bond acceptors (Lipinski definition) is 4. The molecular formula is C20H21F3N2O3. The zero-order valence-corrected chi connectivity index (χ0v) is 15.4. The average Bonchev–Trinajstić information content (AvgIpc) is 2.68. The molecular weight excluding hydrogens is 373 g/mol. The number of carbonyl (C=O) groups is 1. The van der Waals surface area contributed by atoms with Gasteiger partial charge in [0.05, 0.1) is 17.7 Å². The number of amides is 1. The molecule has 1 amide bonds. The Morgan fingerprint density at radius 2 is 1.71 bits per heavy atom. The maximum atomic E-state index is 12.7. The molecule has 1 saturated heterocycles. The molecule has 0 atom stereocenters. The van der Waals surface area contributed by atoms with Crippen LogP contribution in [0.5, 0.6) is 11.5 Å². The van der Waals surface area contributed by atoms with Crippen LogP contribution >= 0.6 is 0 Å². The number of ether oxygens (including phenoxy) is 1. The number of nitrogens with zero attached hydrogens (tertiary/aromatic N) is 2. The molecule has 1 aliphatic rings.